The van der Waals surface area contributed by atoms with Crippen LogP contribution in [-0.2, 0) is 4.79 Å². The Balaban J connectivity index is 2.84. The Hall–Kier alpha value is -2.18. The molecule has 0 aliphatic heterocycles. The molecule has 0 fully saturated rings. The lowest BCUT2D eigenvalue weighted by Gasteiger charge is -2.15. The fourth-order valence-corrected chi connectivity index (χ4v) is 1.47. The molecule has 0 aliphatic carbocycles. The van der Waals surface area contributed by atoms with Gasteiger partial charge in [0.15, 0.2) is 0 Å². The van der Waals surface area contributed by atoms with Crippen molar-refractivity contribution < 1.29 is 28.2 Å². The number of halogens is 2. The number of ether oxygens (including phenoxy) is 1. The highest BCUT2D eigenvalue weighted by atomic mass is 19.3. The minimum absolute atomic E-state index is 0.0884. The monoisotopic (exact) mass is 273 g/mol. The summed E-state index contributed by atoms with van der Waals surface area (Å²) in [5, 5.41) is 10.8. The molecule has 1 rings (SSSR count). The van der Waals surface area contributed by atoms with E-state index in [1.165, 1.54) is 19.2 Å². The van der Waals surface area contributed by atoms with Gasteiger partial charge in [0.2, 0.25) is 6.43 Å². The molecule has 19 heavy (non-hydrogen) atoms. The normalized spacial score (nSPS) is 12.0. The molecule has 0 bridgehead atoms. The fourth-order valence-electron chi connectivity index (χ4n) is 1.47. The topological polar surface area (TPSA) is 75.6 Å². The fraction of sp³-hybridized carbons (Fsp3) is 0.333. The number of aliphatic carboxylic acids is 1. The molecule has 0 heterocycles. The smallest absolute Gasteiger partial charge is 0.326 e. The number of alkyl halides is 2. The Morgan fingerprint density at radius 1 is 1.37 bits per heavy atom. The molecule has 1 unspecified atom stereocenters. The zero-order chi connectivity index (χ0) is 14.4. The van der Waals surface area contributed by atoms with Crippen LogP contribution in [0.4, 0.5) is 8.78 Å². The highest BCUT2D eigenvalue weighted by Crippen LogP contribution is 2.17. The van der Waals surface area contributed by atoms with Gasteiger partial charge in [-0.25, -0.2) is 13.6 Å². The minimum atomic E-state index is -2.82. The number of amides is 1. The molecule has 0 saturated carbocycles. The Morgan fingerprint density at radius 3 is 2.53 bits per heavy atom. The van der Waals surface area contributed by atoms with Crippen molar-refractivity contribution in [2.45, 2.75) is 18.9 Å². The van der Waals surface area contributed by atoms with Crippen LogP contribution in [0.15, 0.2) is 24.3 Å². The van der Waals surface area contributed by atoms with Crippen molar-refractivity contribution in [1.29, 1.82) is 0 Å². The first kappa shape index (κ1) is 14.9. The third-order valence-corrected chi connectivity index (χ3v) is 2.37. The van der Waals surface area contributed by atoms with E-state index in [9.17, 15) is 18.4 Å². The predicted octanol–water partition coefficient (Wildman–Crippen LogP) is 1.53. The third-order valence-electron chi connectivity index (χ3n) is 2.37. The number of carbonyl (C=O) groups is 2. The van der Waals surface area contributed by atoms with Gasteiger partial charge in [-0.15, -0.1) is 0 Å². The highest BCUT2D eigenvalue weighted by Gasteiger charge is 2.25. The van der Waals surface area contributed by atoms with E-state index in [-0.39, 0.29) is 11.3 Å². The Labute approximate surface area is 108 Å². The standard InChI is InChI=1S/C12H13F2NO4/c1-19-9-5-3-2-4-7(9)11(16)15-8(12(17)18)6-10(13)14/h2-5,8,10H,6H2,1H3,(H,15,16)(H,17,18). The molecule has 0 aromatic heterocycles. The van der Waals surface area contributed by atoms with Crippen molar-refractivity contribution >= 4 is 11.9 Å². The molecular formula is C12H13F2NO4. The van der Waals surface area contributed by atoms with Crippen molar-refractivity contribution in [2.75, 3.05) is 7.11 Å². The lowest BCUT2D eigenvalue weighted by molar-refractivity contribution is -0.140. The minimum Gasteiger partial charge on any atom is -0.496 e. The van der Waals surface area contributed by atoms with E-state index in [2.05, 4.69) is 0 Å². The van der Waals surface area contributed by atoms with Gasteiger partial charge in [0.05, 0.1) is 12.7 Å². The molecule has 7 heteroatoms. The van der Waals surface area contributed by atoms with Crippen LogP contribution < -0.4 is 10.1 Å². The van der Waals surface area contributed by atoms with E-state index >= 15 is 0 Å². The molecule has 104 valence electrons. The number of carboxylic acid groups (broad SMARTS) is 1. The number of carbonyl (C=O) groups excluding carboxylic acids is 1. The molecule has 0 aliphatic rings. The SMILES string of the molecule is COc1ccccc1C(=O)NC(CC(F)F)C(=O)O. The lowest BCUT2D eigenvalue weighted by Crippen LogP contribution is -2.42. The van der Waals surface area contributed by atoms with Crippen LogP contribution in [-0.4, -0.2) is 36.6 Å². The maximum atomic E-state index is 12.2. The maximum absolute atomic E-state index is 12.2. The van der Waals surface area contributed by atoms with E-state index in [0.717, 1.165) is 0 Å². The number of carboxylic acids is 1. The lowest BCUT2D eigenvalue weighted by atomic mass is 10.1. The van der Waals surface area contributed by atoms with E-state index < -0.39 is 30.8 Å². The second-order valence-corrected chi connectivity index (χ2v) is 3.69. The summed E-state index contributed by atoms with van der Waals surface area (Å²) in [6, 6.07) is 4.47. The molecule has 1 aromatic rings. The number of rotatable bonds is 6. The summed E-state index contributed by atoms with van der Waals surface area (Å²) < 4.78 is 29.3. The maximum Gasteiger partial charge on any atom is 0.326 e. The van der Waals surface area contributed by atoms with Gasteiger partial charge < -0.3 is 15.2 Å². The van der Waals surface area contributed by atoms with Crippen LogP contribution in [0.3, 0.4) is 0 Å². The molecule has 0 saturated heterocycles. The summed E-state index contributed by atoms with van der Waals surface area (Å²) in [6.07, 6.45) is -3.77. The quantitative estimate of drug-likeness (QED) is 0.824. The molecule has 1 atom stereocenters. The largest absolute Gasteiger partial charge is 0.496 e. The number of hydrogen-bond acceptors (Lipinski definition) is 3. The molecule has 5 nitrogen and oxygen atoms in total. The van der Waals surface area contributed by atoms with Crippen molar-refractivity contribution in [3.8, 4) is 5.75 Å². The van der Waals surface area contributed by atoms with Gasteiger partial charge in [-0.2, -0.15) is 0 Å². The summed E-state index contributed by atoms with van der Waals surface area (Å²) in [7, 11) is 1.35. The second-order valence-electron chi connectivity index (χ2n) is 3.69. The van der Waals surface area contributed by atoms with E-state index in [1.54, 1.807) is 12.1 Å². The van der Waals surface area contributed by atoms with Crippen LogP contribution in [0.5, 0.6) is 5.75 Å². The number of hydrogen-bond donors (Lipinski definition) is 2. The number of para-hydroxylation sites is 1. The Kier molecular flexibility index (Phi) is 5.23. The average Bonchev–Trinajstić information content (AvgIpc) is 2.37. The van der Waals surface area contributed by atoms with Crippen LogP contribution in [0, 0.1) is 0 Å². The Bertz CT molecular complexity index is 465. The van der Waals surface area contributed by atoms with Crippen molar-refractivity contribution in [2.24, 2.45) is 0 Å². The van der Waals surface area contributed by atoms with E-state index in [1.807, 2.05) is 5.32 Å². The molecule has 2 N–H and O–H groups in total. The molecular weight excluding hydrogens is 260 g/mol. The number of nitrogens with one attached hydrogen (secondary N) is 1. The van der Waals surface area contributed by atoms with Gasteiger partial charge in [0.25, 0.3) is 5.91 Å². The van der Waals surface area contributed by atoms with Crippen LogP contribution in [0.1, 0.15) is 16.8 Å². The summed E-state index contributed by atoms with van der Waals surface area (Å²) in [5.41, 5.74) is 0.0884. The van der Waals surface area contributed by atoms with Crippen LogP contribution in [0.2, 0.25) is 0 Å². The average molecular weight is 273 g/mol. The highest BCUT2D eigenvalue weighted by molar-refractivity contribution is 5.98. The molecule has 1 aromatic carbocycles. The zero-order valence-corrected chi connectivity index (χ0v) is 10.1. The number of methoxy groups -OCH3 is 1. The molecule has 0 spiro atoms. The van der Waals surface area contributed by atoms with Gasteiger partial charge >= 0.3 is 5.97 Å². The van der Waals surface area contributed by atoms with Crippen molar-refractivity contribution in [1.82, 2.24) is 5.32 Å². The second kappa shape index (κ2) is 6.67. The van der Waals surface area contributed by atoms with E-state index in [0.29, 0.717) is 0 Å². The molecule has 0 radical (unpaired) electrons. The summed E-state index contributed by atoms with van der Waals surface area (Å²) in [4.78, 5) is 22.6. The first-order chi connectivity index (χ1) is 8.95. The van der Waals surface area contributed by atoms with Gasteiger partial charge in [-0.05, 0) is 12.1 Å². The van der Waals surface area contributed by atoms with Gasteiger partial charge in [0.1, 0.15) is 11.8 Å². The van der Waals surface area contributed by atoms with Crippen molar-refractivity contribution in [3.05, 3.63) is 29.8 Å². The van der Waals surface area contributed by atoms with Crippen LogP contribution >= 0.6 is 0 Å². The summed E-state index contributed by atoms with van der Waals surface area (Å²) >= 11 is 0. The van der Waals surface area contributed by atoms with Gasteiger partial charge in [-0.3, -0.25) is 4.79 Å². The first-order valence-corrected chi connectivity index (χ1v) is 5.40. The third kappa shape index (κ3) is 4.20. The van der Waals surface area contributed by atoms with Gasteiger partial charge in [0, 0.05) is 6.42 Å². The van der Waals surface area contributed by atoms with Crippen molar-refractivity contribution in [3.63, 3.8) is 0 Å². The Morgan fingerprint density at radius 2 is 2.00 bits per heavy atom. The zero-order valence-electron chi connectivity index (χ0n) is 10.1. The number of benzene rings is 1. The van der Waals surface area contributed by atoms with E-state index in [4.69, 9.17) is 9.84 Å². The van der Waals surface area contributed by atoms with Gasteiger partial charge in [-0.1, -0.05) is 12.1 Å². The van der Waals surface area contributed by atoms with Crippen LogP contribution in [0.25, 0.3) is 0 Å². The molecule has 1 amide bonds. The predicted molar refractivity (Wildman–Crippen MR) is 62.5 cm³/mol. The summed E-state index contributed by atoms with van der Waals surface area (Å²) in [6.45, 7) is 0. The first-order valence-electron chi connectivity index (χ1n) is 5.40. The summed E-state index contributed by atoms with van der Waals surface area (Å²) in [5.74, 6) is -2.05.